The molecule has 1 aromatic heterocycles. The maximum atomic E-state index is 5.87. The average Bonchev–Trinajstić information content (AvgIpc) is 2.23. The summed E-state index contributed by atoms with van der Waals surface area (Å²) in [4.78, 5) is 8.31. The summed E-state index contributed by atoms with van der Waals surface area (Å²) in [5.74, 6) is 2.31. The van der Waals surface area contributed by atoms with Crippen LogP contribution in [0.15, 0.2) is 6.07 Å². The topological polar surface area (TPSA) is 37.8 Å². The first-order chi connectivity index (χ1) is 8.06. The van der Waals surface area contributed by atoms with E-state index in [4.69, 9.17) is 11.6 Å². The minimum Gasteiger partial charge on any atom is -0.367 e. The molecule has 0 aromatic carbocycles. The third-order valence-corrected chi connectivity index (χ3v) is 4.04. The Hall–Kier alpha value is -0.830. The predicted octanol–water partition coefficient (Wildman–Crippen LogP) is 3.68. The molecule has 1 N–H and O–H groups in total. The highest BCUT2D eigenvalue weighted by atomic mass is 35.5. The van der Waals surface area contributed by atoms with E-state index in [0.717, 1.165) is 17.4 Å². The first-order valence-corrected chi connectivity index (χ1v) is 6.72. The number of aryl methyl sites for hydroxylation is 1. The van der Waals surface area contributed by atoms with Crippen molar-refractivity contribution in [3.63, 3.8) is 0 Å². The summed E-state index contributed by atoms with van der Waals surface area (Å²) in [7, 11) is 0. The highest BCUT2D eigenvalue weighted by Gasteiger charge is 2.27. The van der Waals surface area contributed by atoms with E-state index in [1.807, 2.05) is 13.0 Å². The van der Waals surface area contributed by atoms with Gasteiger partial charge in [-0.25, -0.2) is 9.97 Å². The standard InChI is InChI=1S/C13H20ClN3/c1-8-5-4-6-11(10(8)3)16-12-7-9(2)15-13(14)17-12/h7-8,10-11H,4-6H2,1-3H3,(H,15,16,17). The number of halogens is 1. The molecule has 1 heterocycles. The van der Waals surface area contributed by atoms with Crippen LogP contribution in [0, 0.1) is 18.8 Å². The van der Waals surface area contributed by atoms with Gasteiger partial charge in [-0.15, -0.1) is 0 Å². The summed E-state index contributed by atoms with van der Waals surface area (Å²) in [6, 6.07) is 2.46. The van der Waals surface area contributed by atoms with Gasteiger partial charge in [0, 0.05) is 17.8 Å². The molecule has 1 aromatic rings. The number of aromatic nitrogens is 2. The van der Waals surface area contributed by atoms with E-state index in [0.29, 0.717) is 17.2 Å². The normalized spacial score (nSPS) is 29.1. The van der Waals surface area contributed by atoms with Gasteiger partial charge in [0.05, 0.1) is 0 Å². The van der Waals surface area contributed by atoms with Gasteiger partial charge >= 0.3 is 0 Å². The first kappa shape index (κ1) is 12.6. The van der Waals surface area contributed by atoms with Crippen LogP contribution in [-0.4, -0.2) is 16.0 Å². The van der Waals surface area contributed by atoms with Crippen molar-refractivity contribution in [2.45, 2.75) is 46.1 Å². The van der Waals surface area contributed by atoms with Crippen LogP contribution in [0.2, 0.25) is 5.28 Å². The van der Waals surface area contributed by atoms with Gasteiger partial charge < -0.3 is 5.32 Å². The number of anilines is 1. The zero-order valence-corrected chi connectivity index (χ0v) is 11.5. The summed E-state index contributed by atoms with van der Waals surface area (Å²) in [5, 5.41) is 3.83. The van der Waals surface area contributed by atoms with E-state index >= 15 is 0 Å². The van der Waals surface area contributed by atoms with E-state index in [1.54, 1.807) is 0 Å². The van der Waals surface area contributed by atoms with Gasteiger partial charge in [0.2, 0.25) is 5.28 Å². The van der Waals surface area contributed by atoms with Crippen molar-refractivity contribution < 1.29 is 0 Å². The fraction of sp³-hybridized carbons (Fsp3) is 0.692. The molecule has 0 radical (unpaired) electrons. The van der Waals surface area contributed by atoms with Gasteiger partial charge in [-0.1, -0.05) is 26.7 Å². The summed E-state index contributed by atoms with van der Waals surface area (Å²) in [6.07, 6.45) is 3.84. The summed E-state index contributed by atoms with van der Waals surface area (Å²) < 4.78 is 0. The van der Waals surface area contributed by atoms with Crippen molar-refractivity contribution in [2.75, 3.05) is 5.32 Å². The van der Waals surface area contributed by atoms with Crippen molar-refractivity contribution in [1.82, 2.24) is 9.97 Å². The molecule has 2 rings (SSSR count). The molecule has 0 amide bonds. The smallest absolute Gasteiger partial charge is 0.224 e. The van der Waals surface area contributed by atoms with Crippen LogP contribution >= 0.6 is 11.6 Å². The lowest BCUT2D eigenvalue weighted by molar-refractivity contribution is 0.253. The number of rotatable bonds is 2. The fourth-order valence-corrected chi connectivity index (χ4v) is 2.81. The number of hydrogen-bond acceptors (Lipinski definition) is 3. The van der Waals surface area contributed by atoms with Crippen LogP contribution in [0.25, 0.3) is 0 Å². The fourth-order valence-electron chi connectivity index (χ4n) is 2.58. The third-order valence-electron chi connectivity index (χ3n) is 3.87. The Labute approximate surface area is 108 Å². The largest absolute Gasteiger partial charge is 0.367 e. The Morgan fingerprint density at radius 3 is 2.76 bits per heavy atom. The highest BCUT2D eigenvalue weighted by molar-refractivity contribution is 6.28. The monoisotopic (exact) mass is 253 g/mol. The molecule has 0 spiro atoms. The van der Waals surface area contributed by atoms with Gasteiger partial charge in [0.15, 0.2) is 0 Å². The van der Waals surface area contributed by atoms with Crippen LogP contribution in [0.1, 0.15) is 38.8 Å². The molecule has 3 atom stereocenters. The van der Waals surface area contributed by atoms with Crippen LogP contribution in [-0.2, 0) is 0 Å². The first-order valence-electron chi connectivity index (χ1n) is 6.34. The van der Waals surface area contributed by atoms with Gasteiger partial charge in [0.25, 0.3) is 0 Å². The molecule has 1 fully saturated rings. The maximum absolute atomic E-state index is 5.87. The van der Waals surface area contributed by atoms with Gasteiger partial charge in [0.1, 0.15) is 5.82 Å². The summed E-state index contributed by atoms with van der Waals surface area (Å²) in [6.45, 7) is 6.58. The van der Waals surface area contributed by atoms with Gasteiger partial charge in [-0.05, 0) is 36.8 Å². The lowest BCUT2D eigenvalue weighted by atomic mass is 9.78. The minimum atomic E-state index is 0.323. The number of nitrogens with one attached hydrogen (secondary N) is 1. The average molecular weight is 254 g/mol. The summed E-state index contributed by atoms with van der Waals surface area (Å²) in [5.41, 5.74) is 0.906. The Balaban J connectivity index is 2.09. The molecule has 0 aliphatic heterocycles. The predicted molar refractivity (Wildman–Crippen MR) is 71.4 cm³/mol. The van der Waals surface area contributed by atoms with Crippen molar-refractivity contribution in [2.24, 2.45) is 11.8 Å². The lowest BCUT2D eigenvalue weighted by Crippen LogP contribution is -2.35. The van der Waals surface area contributed by atoms with Crippen LogP contribution in [0.5, 0.6) is 0 Å². The summed E-state index contributed by atoms with van der Waals surface area (Å²) >= 11 is 5.87. The van der Waals surface area contributed by atoms with E-state index in [-0.39, 0.29) is 0 Å². The van der Waals surface area contributed by atoms with Crippen LogP contribution < -0.4 is 5.32 Å². The molecule has 1 saturated carbocycles. The van der Waals surface area contributed by atoms with E-state index in [1.165, 1.54) is 19.3 Å². The molecule has 3 nitrogen and oxygen atoms in total. The van der Waals surface area contributed by atoms with Crippen molar-refractivity contribution in [1.29, 1.82) is 0 Å². The minimum absolute atomic E-state index is 0.323. The zero-order valence-electron chi connectivity index (χ0n) is 10.7. The molecule has 94 valence electrons. The molecule has 4 heteroatoms. The van der Waals surface area contributed by atoms with Crippen molar-refractivity contribution in [3.8, 4) is 0 Å². The zero-order chi connectivity index (χ0) is 12.4. The lowest BCUT2D eigenvalue weighted by Gasteiger charge is -2.34. The Bertz CT molecular complexity index is 374. The second-order valence-electron chi connectivity index (χ2n) is 5.18. The maximum Gasteiger partial charge on any atom is 0.224 e. The molecule has 17 heavy (non-hydrogen) atoms. The molecular weight excluding hydrogens is 234 g/mol. The quantitative estimate of drug-likeness (QED) is 0.818. The molecule has 0 saturated heterocycles. The number of hydrogen-bond donors (Lipinski definition) is 1. The molecule has 1 aliphatic carbocycles. The Morgan fingerprint density at radius 1 is 1.29 bits per heavy atom. The van der Waals surface area contributed by atoms with E-state index in [9.17, 15) is 0 Å². The van der Waals surface area contributed by atoms with Crippen LogP contribution in [0.3, 0.4) is 0 Å². The third kappa shape index (κ3) is 3.09. The second kappa shape index (κ2) is 5.21. The molecule has 0 bridgehead atoms. The van der Waals surface area contributed by atoms with E-state index < -0.39 is 0 Å². The van der Waals surface area contributed by atoms with Crippen molar-refractivity contribution >= 4 is 17.4 Å². The van der Waals surface area contributed by atoms with Gasteiger partial charge in [-0.3, -0.25) is 0 Å². The van der Waals surface area contributed by atoms with E-state index in [2.05, 4.69) is 29.1 Å². The number of nitrogens with zero attached hydrogens (tertiary/aromatic N) is 2. The second-order valence-corrected chi connectivity index (χ2v) is 5.52. The van der Waals surface area contributed by atoms with Crippen molar-refractivity contribution in [3.05, 3.63) is 17.0 Å². The molecule has 1 aliphatic rings. The SMILES string of the molecule is Cc1cc(NC2CCCC(C)C2C)nc(Cl)n1. The molecular formula is C13H20ClN3. The van der Waals surface area contributed by atoms with Crippen LogP contribution in [0.4, 0.5) is 5.82 Å². The molecule has 3 unspecified atom stereocenters. The van der Waals surface area contributed by atoms with Gasteiger partial charge in [-0.2, -0.15) is 0 Å². The Kier molecular flexibility index (Phi) is 3.87. The Morgan fingerprint density at radius 2 is 2.06 bits per heavy atom. The highest BCUT2D eigenvalue weighted by Crippen LogP contribution is 2.31.